The fraction of sp³-hybridized carbons (Fsp3) is 0.286. The molecule has 1 aromatic heterocycles. The van der Waals surface area contributed by atoms with Crippen LogP contribution in [0.15, 0.2) is 18.3 Å². The SMILES string of the molecule is NCC(=O)Cn1cccc1Cl. The molecule has 60 valence electrons. The molecular formula is C7H9ClN2O. The minimum Gasteiger partial charge on any atom is -0.331 e. The molecule has 3 nitrogen and oxygen atoms in total. The first kappa shape index (κ1) is 8.30. The van der Waals surface area contributed by atoms with Crippen molar-refractivity contribution in [2.24, 2.45) is 5.73 Å². The van der Waals surface area contributed by atoms with E-state index in [4.69, 9.17) is 17.3 Å². The normalized spacial score (nSPS) is 10.0. The van der Waals surface area contributed by atoms with Gasteiger partial charge in [-0.25, -0.2) is 0 Å². The third kappa shape index (κ3) is 2.06. The van der Waals surface area contributed by atoms with E-state index in [-0.39, 0.29) is 18.9 Å². The molecule has 2 N–H and O–H groups in total. The van der Waals surface area contributed by atoms with Crippen molar-refractivity contribution in [3.8, 4) is 0 Å². The molecule has 0 bridgehead atoms. The molecule has 0 unspecified atom stereocenters. The number of rotatable bonds is 3. The van der Waals surface area contributed by atoms with Crippen LogP contribution in [0.25, 0.3) is 0 Å². The molecule has 1 rings (SSSR count). The maximum Gasteiger partial charge on any atom is 0.166 e. The quantitative estimate of drug-likeness (QED) is 0.729. The van der Waals surface area contributed by atoms with E-state index in [9.17, 15) is 4.79 Å². The fourth-order valence-electron chi connectivity index (χ4n) is 0.776. The predicted molar refractivity (Wildman–Crippen MR) is 43.5 cm³/mol. The standard InChI is InChI=1S/C7H9ClN2O/c8-7-2-1-3-10(7)5-6(11)4-9/h1-3H,4-5,9H2. The molecule has 4 heteroatoms. The van der Waals surface area contributed by atoms with Crippen molar-refractivity contribution in [2.75, 3.05) is 6.54 Å². The molecule has 1 heterocycles. The summed E-state index contributed by atoms with van der Waals surface area (Å²) in [5.74, 6) is -0.0249. The molecular weight excluding hydrogens is 164 g/mol. The lowest BCUT2D eigenvalue weighted by Crippen LogP contribution is -2.18. The molecule has 0 aliphatic carbocycles. The summed E-state index contributed by atoms with van der Waals surface area (Å²) in [6.45, 7) is 0.330. The number of ketones is 1. The zero-order chi connectivity index (χ0) is 8.27. The first-order chi connectivity index (χ1) is 5.24. The predicted octanol–water partition coefficient (Wildman–Crippen LogP) is 0.669. The van der Waals surface area contributed by atoms with Crippen molar-refractivity contribution >= 4 is 17.4 Å². The number of carbonyl (C=O) groups is 1. The summed E-state index contributed by atoms with van der Waals surface area (Å²) in [7, 11) is 0. The second kappa shape index (κ2) is 3.55. The van der Waals surface area contributed by atoms with Gasteiger partial charge >= 0.3 is 0 Å². The van der Waals surface area contributed by atoms with Crippen LogP contribution >= 0.6 is 11.6 Å². The van der Waals surface area contributed by atoms with E-state index in [2.05, 4.69) is 0 Å². The summed E-state index contributed by atoms with van der Waals surface area (Å²) >= 11 is 5.71. The van der Waals surface area contributed by atoms with Gasteiger partial charge in [-0.05, 0) is 12.1 Å². The molecule has 0 aliphatic rings. The largest absolute Gasteiger partial charge is 0.331 e. The number of hydrogen-bond acceptors (Lipinski definition) is 2. The zero-order valence-electron chi connectivity index (χ0n) is 5.96. The van der Waals surface area contributed by atoms with Gasteiger partial charge in [0.05, 0.1) is 13.1 Å². The van der Waals surface area contributed by atoms with Crippen molar-refractivity contribution in [1.82, 2.24) is 4.57 Å². The van der Waals surface area contributed by atoms with Crippen LogP contribution < -0.4 is 5.73 Å². The van der Waals surface area contributed by atoms with Crippen LogP contribution in [0.4, 0.5) is 0 Å². The molecule has 0 spiro atoms. The van der Waals surface area contributed by atoms with Crippen molar-refractivity contribution < 1.29 is 4.79 Å². The Kier molecular flexibility index (Phi) is 2.68. The van der Waals surface area contributed by atoms with Crippen LogP contribution in [0.3, 0.4) is 0 Å². The number of aromatic nitrogens is 1. The maximum absolute atomic E-state index is 10.8. The smallest absolute Gasteiger partial charge is 0.166 e. The van der Waals surface area contributed by atoms with Crippen LogP contribution in [0.1, 0.15) is 0 Å². The molecule has 11 heavy (non-hydrogen) atoms. The van der Waals surface area contributed by atoms with Crippen molar-refractivity contribution in [3.63, 3.8) is 0 Å². The molecule has 0 fully saturated rings. The van der Waals surface area contributed by atoms with Gasteiger partial charge in [0.25, 0.3) is 0 Å². The van der Waals surface area contributed by atoms with Gasteiger partial charge in [0.1, 0.15) is 5.15 Å². The Hall–Kier alpha value is -0.800. The summed E-state index contributed by atoms with van der Waals surface area (Å²) in [5.41, 5.74) is 5.13. The lowest BCUT2D eigenvalue weighted by atomic mass is 10.4. The van der Waals surface area contributed by atoms with Gasteiger partial charge in [-0.2, -0.15) is 0 Å². The van der Waals surface area contributed by atoms with Crippen LogP contribution in [-0.4, -0.2) is 16.9 Å². The van der Waals surface area contributed by atoms with E-state index in [0.717, 1.165) is 0 Å². The van der Waals surface area contributed by atoms with Crippen molar-refractivity contribution in [3.05, 3.63) is 23.5 Å². The third-order valence-electron chi connectivity index (χ3n) is 1.35. The average Bonchev–Trinajstić information content (AvgIpc) is 2.37. The Morgan fingerprint density at radius 1 is 1.73 bits per heavy atom. The molecule has 0 aromatic carbocycles. The van der Waals surface area contributed by atoms with Crippen LogP contribution in [0.5, 0.6) is 0 Å². The van der Waals surface area contributed by atoms with E-state index in [1.54, 1.807) is 22.9 Å². The van der Waals surface area contributed by atoms with E-state index in [1.807, 2.05) is 0 Å². The monoisotopic (exact) mass is 172 g/mol. The molecule has 1 aromatic rings. The highest BCUT2D eigenvalue weighted by atomic mass is 35.5. The first-order valence-corrected chi connectivity index (χ1v) is 3.64. The Morgan fingerprint density at radius 2 is 2.45 bits per heavy atom. The Labute approximate surface area is 69.8 Å². The number of halogens is 1. The lowest BCUT2D eigenvalue weighted by Gasteiger charge is -2.00. The van der Waals surface area contributed by atoms with Crippen LogP contribution in [-0.2, 0) is 11.3 Å². The highest BCUT2D eigenvalue weighted by Gasteiger charge is 2.01. The second-order valence-electron chi connectivity index (χ2n) is 2.20. The van der Waals surface area contributed by atoms with Gasteiger partial charge in [-0.3, -0.25) is 4.79 Å². The van der Waals surface area contributed by atoms with Gasteiger partial charge < -0.3 is 10.3 Å². The van der Waals surface area contributed by atoms with Crippen LogP contribution in [0.2, 0.25) is 5.15 Å². The van der Waals surface area contributed by atoms with E-state index < -0.39 is 0 Å². The summed E-state index contributed by atoms with van der Waals surface area (Å²) in [6, 6.07) is 3.51. The van der Waals surface area contributed by atoms with E-state index in [1.165, 1.54) is 0 Å². The molecule has 0 radical (unpaired) electrons. The highest BCUT2D eigenvalue weighted by Crippen LogP contribution is 2.08. The van der Waals surface area contributed by atoms with Crippen LogP contribution in [0, 0.1) is 0 Å². The number of nitrogens with zero attached hydrogens (tertiary/aromatic N) is 1. The summed E-state index contributed by atoms with van der Waals surface area (Å²) in [6.07, 6.45) is 1.75. The zero-order valence-corrected chi connectivity index (χ0v) is 6.71. The van der Waals surface area contributed by atoms with E-state index in [0.29, 0.717) is 5.15 Å². The molecule has 0 saturated heterocycles. The lowest BCUT2D eigenvalue weighted by molar-refractivity contribution is -0.118. The first-order valence-electron chi connectivity index (χ1n) is 3.26. The highest BCUT2D eigenvalue weighted by molar-refractivity contribution is 6.29. The summed E-state index contributed by atoms with van der Waals surface area (Å²) < 4.78 is 1.65. The number of carbonyl (C=O) groups excluding carboxylic acids is 1. The molecule has 0 saturated carbocycles. The van der Waals surface area contributed by atoms with Gasteiger partial charge in [0.2, 0.25) is 0 Å². The summed E-state index contributed by atoms with van der Waals surface area (Å²) in [5, 5.41) is 0.562. The fourth-order valence-corrected chi connectivity index (χ4v) is 0.965. The van der Waals surface area contributed by atoms with Crippen molar-refractivity contribution in [1.29, 1.82) is 0 Å². The third-order valence-corrected chi connectivity index (χ3v) is 1.69. The minimum absolute atomic E-state index is 0.0249. The minimum atomic E-state index is -0.0249. The molecule has 0 aliphatic heterocycles. The van der Waals surface area contributed by atoms with Crippen molar-refractivity contribution in [2.45, 2.75) is 6.54 Å². The Balaban J connectivity index is 2.64. The Bertz CT molecular complexity index is 257. The molecule has 0 amide bonds. The van der Waals surface area contributed by atoms with E-state index >= 15 is 0 Å². The van der Waals surface area contributed by atoms with Gasteiger partial charge in [0, 0.05) is 6.20 Å². The Morgan fingerprint density at radius 3 is 2.91 bits per heavy atom. The number of nitrogens with two attached hydrogens (primary N) is 1. The number of Topliss-reactive ketones (excluding diaryl/α,β-unsaturated/α-hetero) is 1. The average molecular weight is 173 g/mol. The second-order valence-corrected chi connectivity index (χ2v) is 2.59. The number of hydrogen-bond donors (Lipinski definition) is 1. The van der Waals surface area contributed by atoms with Gasteiger partial charge in [-0.1, -0.05) is 11.6 Å². The van der Waals surface area contributed by atoms with Gasteiger partial charge in [0.15, 0.2) is 5.78 Å². The van der Waals surface area contributed by atoms with Gasteiger partial charge in [-0.15, -0.1) is 0 Å². The molecule has 0 atom stereocenters. The maximum atomic E-state index is 10.8. The summed E-state index contributed by atoms with van der Waals surface area (Å²) in [4.78, 5) is 10.8. The topological polar surface area (TPSA) is 48.0 Å².